The fourth-order valence-corrected chi connectivity index (χ4v) is 2.59. The van der Waals surface area contributed by atoms with Crippen molar-refractivity contribution in [2.45, 2.75) is 0 Å². The van der Waals surface area contributed by atoms with Crippen molar-refractivity contribution in [2.24, 2.45) is 0 Å². The Kier molecular flexibility index (Phi) is 4.61. The summed E-state index contributed by atoms with van der Waals surface area (Å²) in [5.41, 5.74) is 2.95. The summed E-state index contributed by atoms with van der Waals surface area (Å²) in [6, 6.07) is 21.8. The van der Waals surface area contributed by atoms with Crippen LogP contribution in [0.2, 0.25) is 0 Å². The Morgan fingerprint density at radius 2 is 1.09 bits per heavy atom. The van der Waals surface area contributed by atoms with Gasteiger partial charge in [-0.1, -0.05) is 47.8 Å². The van der Waals surface area contributed by atoms with Crippen LogP contribution >= 0.6 is 11.3 Å². The van der Waals surface area contributed by atoms with Crippen molar-refractivity contribution < 1.29 is 0 Å². The molecule has 0 saturated carbocycles. The molecule has 0 unspecified atom stereocenters. The van der Waals surface area contributed by atoms with Gasteiger partial charge in [0.25, 0.3) is 0 Å². The zero-order valence-electron chi connectivity index (χ0n) is 12.3. The van der Waals surface area contributed by atoms with Gasteiger partial charge in [0.05, 0.1) is 9.75 Å². The van der Waals surface area contributed by atoms with E-state index in [1.165, 1.54) is 11.3 Å². The third-order valence-electron chi connectivity index (χ3n) is 3.09. The van der Waals surface area contributed by atoms with Gasteiger partial charge in [0.2, 0.25) is 0 Å². The molecule has 0 bridgehead atoms. The van der Waals surface area contributed by atoms with Crippen molar-refractivity contribution >= 4 is 11.3 Å². The number of hydrogen-bond donors (Lipinski definition) is 0. The Hall–Kier alpha value is -3.18. The maximum atomic E-state index is 5.36. The van der Waals surface area contributed by atoms with Crippen molar-refractivity contribution in [3.8, 4) is 36.0 Å². The standard InChI is InChI=1S/C22H12S/c1-2-21-16-17-22(23-21)15-14-20-12-10-19(11-13-20)9-8-18-6-4-3-5-7-18/h1,3-7,10-13,16-17H. The van der Waals surface area contributed by atoms with Gasteiger partial charge in [-0.3, -0.25) is 0 Å². The molecule has 0 N–H and O–H groups in total. The fourth-order valence-electron chi connectivity index (χ4n) is 1.92. The Balaban J connectivity index is 1.73. The molecule has 0 saturated heterocycles. The Morgan fingerprint density at radius 1 is 0.565 bits per heavy atom. The van der Waals surface area contributed by atoms with E-state index in [0.29, 0.717) is 0 Å². The van der Waals surface area contributed by atoms with Crippen LogP contribution in [0.25, 0.3) is 0 Å². The van der Waals surface area contributed by atoms with Gasteiger partial charge in [-0.05, 0) is 48.5 Å². The van der Waals surface area contributed by atoms with Crippen molar-refractivity contribution in [1.29, 1.82) is 0 Å². The van der Waals surface area contributed by atoms with E-state index in [4.69, 9.17) is 6.42 Å². The second-order valence-corrected chi connectivity index (χ2v) is 5.84. The fraction of sp³-hybridized carbons (Fsp3) is 0. The molecule has 1 aromatic heterocycles. The molecule has 0 aliphatic carbocycles. The number of terminal acetylenes is 1. The summed E-state index contributed by atoms with van der Waals surface area (Å²) in [5, 5.41) is 0. The van der Waals surface area contributed by atoms with Crippen molar-refractivity contribution in [1.82, 2.24) is 0 Å². The van der Waals surface area contributed by atoms with Gasteiger partial charge in [-0.2, -0.15) is 0 Å². The third kappa shape index (κ3) is 4.15. The van der Waals surface area contributed by atoms with Crippen LogP contribution in [0.4, 0.5) is 0 Å². The summed E-state index contributed by atoms with van der Waals surface area (Å²) in [5.74, 6) is 15.2. The van der Waals surface area contributed by atoms with Crippen LogP contribution < -0.4 is 0 Å². The first-order valence-electron chi connectivity index (χ1n) is 7.09. The monoisotopic (exact) mass is 308 g/mol. The molecule has 0 nitrogen and oxygen atoms in total. The van der Waals surface area contributed by atoms with E-state index >= 15 is 0 Å². The van der Waals surface area contributed by atoms with Crippen molar-refractivity contribution in [3.63, 3.8) is 0 Å². The van der Waals surface area contributed by atoms with Crippen LogP contribution in [0.1, 0.15) is 26.4 Å². The van der Waals surface area contributed by atoms with Crippen LogP contribution in [-0.4, -0.2) is 0 Å². The maximum absolute atomic E-state index is 5.36. The topological polar surface area (TPSA) is 0 Å². The van der Waals surface area contributed by atoms with E-state index in [1.807, 2.05) is 66.7 Å². The Bertz CT molecular complexity index is 960. The van der Waals surface area contributed by atoms with Gasteiger partial charge in [0, 0.05) is 16.7 Å². The zero-order chi connectivity index (χ0) is 15.9. The molecule has 0 aliphatic rings. The molecular weight excluding hydrogens is 296 g/mol. The normalized spacial score (nSPS) is 9.00. The molecule has 0 aliphatic heterocycles. The molecule has 0 fully saturated rings. The van der Waals surface area contributed by atoms with Gasteiger partial charge >= 0.3 is 0 Å². The van der Waals surface area contributed by atoms with Gasteiger partial charge < -0.3 is 0 Å². The minimum absolute atomic E-state index is 0.904. The average molecular weight is 308 g/mol. The Morgan fingerprint density at radius 3 is 1.65 bits per heavy atom. The van der Waals surface area contributed by atoms with Crippen LogP contribution in [0.15, 0.2) is 66.7 Å². The van der Waals surface area contributed by atoms with E-state index in [1.54, 1.807) is 0 Å². The number of benzene rings is 2. The summed E-state index contributed by atoms with van der Waals surface area (Å²) >= 11 is 1.53. The molecule has 106 valence electrons. The van der Waals surface area contributed by atoms with E-state index in [-0.39, 0.29) is 0 Å². The largest absolute Gasteiger partial charge is 0.118 e. The van der Waals surface area contributed by atoms with Gasteiger partial charge in [0.15, 0.2) is 0 Å². The van der Waals surface area contributed by atoms with Crippen LogP contribution in [0.5, 0.6) is 0 Å². The number of rotatable bonds is 0. The highest BCUT2D eigenvalue weighted by atomic mass is 32.1. The molecule has 0 spiro atoms. The molecule has 0 radical (unpaired) electrons. The van der Waals surface area contributed by atoms with Gasteiger partial charge in [-0.15, -0.1) is 17.8 Å². The second kappa shape index (κ2) is 7.20. The van der Waals surface area contributed by atoms with Crippen LogP contribution in [0.3, 0.4) is 0 Å². The average Bonchev–Trinajstić information content (AvgIpc) is 3.08. The lowest BCUT2D eigenvalue weighted by Gasteiger charge is -1.92. The third-order valence-corrected chi connectivity index (χ3v) is 4.02. The molecule has 1 heteroatoms. The van der Waals surface area contributed by atoms with E-state index in [0.717, 1.165) is 26.4 Å². The lowest BCUT2D eigenvalue weighted by Crippen LogP contribution is -1.78. The van der Waals surface area contributed by atoms with Gasteiger partial charge in [-0.25, -0.2) is 0 Å². The molecule has 23 heavy (non-hydrogen) atoms. The SMILES string of the molecule is C#Cc1ccc(C#Cc2ccc(C#Cc3ccccc3)cc2)s1. The summed E-state index contributed by atoms with van der Waals surface area (Å²) in [6.07, 6.45) is 5.36. The van der Waals surface area contributed by atoms with Gasteiger partial charge in [0.1, 0.15) is 0 Å². The Labute approximate surface area is 140 Å². The lowest BCUT2D eigenvalue weighted by molar-refractivity contribution is 1.59. The van der Waals surface area contributed by atoms with E-state index in [2.05, 4.69) is 29.6 Å². The highest BCUT2D eigenvalue weighted by Gasteiger charge is 1.93. The smallest absolute Gasteiger partial charge is 0.0785 e. The van der Waals surface area contributed by atoms with E-state index < -0.39 is 0 Å². The predicted octanol–water partition coefficient (Wildman–Crippen LogP) is 4.53. The van der Waals surface area contributed by atoms with Crippen LogP contribution in [0, 0.1) is 36.0 Å². The van der Waals surface area contributed by atoms with Crippen LogP contribution in [-0.2, 0) is 0 Å². The molecule has 2 aromatic carbocycles. The van der Waals surface area contributed by atoms with E-state index in [9.17, 15) is 0 Å². The molecule has 0 amide bonds. The first-order chi connectivity index (χ1) is 11.3. The zero-order valence-corrected chi connectivity index (χ0v) is 13.2. The van der Waals surface area contributed by atoms with Crippen molar-refractivity contribution in [2.75, 3.05) is 0 Å². The molecule has 3 aromatic rings. The minimum atomic E-state index is 0.904. The first kappa shape index (κ1) is 14.7. The highest BCUT2D eigenvalue weighted by molar-refractivity contribution is 7.13. The molecular formula is C22H12S. The maximum Gasteiger partial charge on any atom is 0.0785 e. The van der Waals surface area contributed by atoms with Crippen molar-refractivity contribution in [3.05, 3.63) is 93.2 Å². The summed E-state index contributed by atoms with van der Waals surface area (Å²) < 4.78 is 0. The minimum Gasteiger partial charge on any atom is -0.118 e. The molecule has 1 heterocycles. The number of hydrogen-bond acceptors (Lipinski definition) is 1. The number of thiophene rings is 1. The molecule has 0 atom stereocenters. The lowest BCUT2D eigenvalue weighted by atomic mass is 10.1. The second-order valence-electron chi connectivity index (χ2n) is 4.75. The quantitative estimate of drug-likeness (QED) is 0.535. The summed E-state index contributed by atoms with van der Waals surface area (Å²) in [4.78, 5) is 1.88. The highest BCUT2D eigenvalue weighted by Crippen LogP contribution is 2.14. The predicted molar refractivity (Wildman–Crippen MR) is 97.1 cm³/mol. The first-order valence-corrected chi connectivity index (χ1v) is 7.91. The summed E-state index contributed by atoms with van der Waals surface area (Å²) in [6.45, 7) is 0. The molecule has 3 rings (SSSR count). The summed E-state index contributed by atoms with van der Waals surface area (Å²) in [7, 11) is 0.